The normalized spacial score (nSPS) is 16.5. The van der Waals surface area contributed by atoms with E-state index in [1.54, 1.807) is 6.07 Å². The topological polar surface area (TPSA) is 79.6 Å². The zero-order valence-electron chi connectivity index (χ0n) is 15.8. The van der Waals surface area contributed by atoms with Crippen LogP contribution in [-0.2, 0) is 4.79 Å². The first kappa shape index (κ1) is 18.2. The van der Waals surface area contributed by atoms with Crippen LogP contribution in [0, 0.1) is 6.92 Å². The molecule has 7 heteroatoms. The molecule has 2 aromatic heterocycles. The van der Waals surface area contributed by atoms with Crippen LogP contribution in [0.4, 0.5) is 0 Å². The zero-order valence-corrected chi connectivity index (χ0v) is 15.8. The second-order valence-corrected chi connectivity index (χ2v) is 7.11. The lowest BCUT2D eigenvalue weighted by Crippen LogP contribution is -2.34. The minimum absolute atomic E-state index is 0.0275. The Morgan fingerprint density at radius 3 is 2.93 bits per heavy atom. The van der Waals surface area contributed by atoms with E-state index in [-0.39, 0.29) is 24.3 Å². The van der Waals surface area contributed by atoms with Crippen molar-refractivity contribution in [1.29, 1.82) is 0 Å². The molecule has 1 aromatic carbocycles. The van der Waals surface area contributed by atoms with Crippen molar-refractivity contribution in [2.45, 2.75) is 32.2 Å². The molecule has 0 bridgehead atoms. The number of amides is 2. The van der Waals surface area contributed by atoms with E-state index in [2.05, 4.69) is 15.5 Å². The minimum Gasteiger partial charge on any atom is -0.352 e. The molecular weight excluding hydrogens is 354 g/mol. The van der Waals surface area contributed by atoms with E-state index in [1.165, 1.54) is 0 Å². The highest BCUT2D eigenvalue weighted by molar-refractivity contribution is 5.94. The number of carbonyl (C=O) groups excluding carboxylic acids is 2. The number of pyridine rings is 1. The lowest BCUT2D eigenvalue weighted by atomic mass is 10.1. The third kappa shape index (κ3) is 3.60. The Balaban J connectivity index is 1.38. The summed E-state index contributed by atoms with van der Waals surface area (Å²) in [6.07, 6.45) is 4.00. The number of rotatable bonds is 5. The molecule has 144 valence electrons. The maximum absolute atomic E-state index is 12.8. The van der Waals surface area contributed by atoms with Crippen LogP contribution in [0.2, 0.25) is 0 Å². The molecule has 0 aliphatic carbocycles. The van der Waals surface area contributed by atoms with Gasteiger partial charge in [-0.05, 0) is 44.0 Å². The molecule has 0 unspecified atom stereocenters. The van der Waals surface area contributed by atoms with Crippen LogP contribution in [0.5, 0.6) is 0 Å². The van der Waals surface area contributed by atoms with E-state index >= 15 is 0 Å². The highest BCUT2D eigenvalue weighted by Crippen LogP contribution is 2.31. The monoisotopic (exact) mass is 377 g/mol. The molecule has 3 heterocycles. The fraction of sp³-hybridized carbons (Fsp3) is 0.333. The molecule has 28 heavy (non-hydrogen) atoms. The molecule has 2 amide bonds. The van der Waals surface area contributed by atoms with Crippen LogP contribution >= 0.6 is 0 Å². The van der Waals surface area contributed by atoms with E-state index in [0.717, 1.165) is 29.9 Å². The van der Waals surface area contributed by atoms with Crippen molar-refractivity contribution >= 4 is 17.5 Å². The SMILES string of the molecule is Cc1cccc(C(=O)NCCC(=O)N2CCC[C@@H]2c2nnc3ccccn23)c1. The van der Waals surface area contributed by atoms with Crippen LogP contribution in [0.1, 0.15) is 47.1 Å². The van der Waals surface area contributed by atoms with Gasteiger partial charge in [-0.3, -0.25) is 14.0 Å². The summed E-state index contributed by atoms with van der Waals surface area (Å²) in [4.78, 5) is 26.9. The number of hydrogen-bond donors (Lipinski definition) is 1. The number of carbonyl (C=O) groups is 2. The molecule has 1 N–H and O–H groups in total. The van der Waals surface area contributed by atoms with Gasteiger partial charge in [0.05, 0.1) is 6.04 Å². The zero-order chi connectivity index (χ0) is 19.5. The van der Waals surface area contributed by atoms with Gasteiger partial charge in [0.15, 0.2) is 11.5 Å². The average Bonchev–Trinajstić information content (AvgIpc) is 3.34. The van der Waals surface area contributed by atoms with Gasteiger partial charge in [0, 0.05) is 31.3 Å². The highest BCUT2D eigenvalue weighted by Gasteiger charge is 2.32. The molecule has 0 spiro atoms. The summed E-state index contributed by atoms with van der Waals surface area (Å²) in [5.74, 6) is 0.669. The van der Waals surface area contributed by atoms with Crippen LogP contribution < -0.4 is 5.32 Å². The minimum atomic E-state index is -0.155. The van der Waals surface area contributed by atoms with E-state index in [4.69, 9.17) is 0 Å². The van der Waals surface area contributed by atoms with Crippen molar-refractivity contribution in [2.75, 3.05) is 13.1 Å². The second kappa shape index (κ2) is 7.80. The third-order valence-electron chi connectivity index (χ3n) is 5.12. The summed E-state index contributed by atoms with van der Waals surface area (Å²) in [7, 11) is 0. The van der Waals surface area contributed by atoms with E-state index in [9.17, 15) is 9.59 Å². The predicted molar refractivity (Wildman–Crippen MR) is 105 cm³/mol. The maximum atomic E-state index is 12.8. The number of hydrogen-bond acceptors (Lipinski definition) is 4. The number of aromatic nitrogens is 3. The highest BCUT2D eigenvalue weighted by atomic mass is 16.2. The number of aryl methyl sites for hydroxylation is 1. The van der Waals surface area contributed by atoms with Crippen LogP contribution in [0.15, 0.2) is 48.7 Å². The van der Waals surface area contributed by atoms with Gasteiger partial charge in [-0.25, -0.2) is 0 Å². The van der Waals surface area contributed by atoms with Gasteiger partial charge >= 0.3 is 0 Å². The summed E-state index contributed by atoms with van der Waals surface area (Å²) < 4.78 is 1.94. The largest absolute Gasteiger partial charge is 0.352 e. The number of nitrogens with zero attached hydrogens (tertiary/aromatic N) is 4. The smallest absolute Gasteiger partial charge is 0.251 e. The second-order valence-electron chi connectivity index (χ2n) is 7.11. The van der Waals surface area contributed by atoms with Gasteiger partial charge in [0.1, 0.15) is 0 Å². The van der Waals surface area contributed by atoms with Crippen LogP contribution in [0.3, 0.4) is 0 Å². The Labute approximate surface area is 163 Å². The molecule has 1 atom stereocenters. The number of likely N-dealkylation sites (tertiary alicyclic amines) is 1. The fourth-order valence-electron chi connectivity index (χ4n) is 3.74. The first-order valence-electron chi connectivity index (χ1n) is 9.57. The maximum Gasteiger partial charge on any atom is 0.251 e. The summed E-state index contributed by atoms with van der Waals surface area (Å²) in [5, 5.41) is 11.4. The summed E-state index contributed by atoms with van der Waals surface area (Å²) in [5.41, 5.74) is 2.42. The molecular formula is C21H23N5O2. The molecule has 3 aromatic rings. The van der Waals surface area contributed by atoms with Crippen LogP contribution in [0.25, 0.3) is 5.65 Å². The van der Waals surface area contributed by atoms with Gasteiger partial charge in [-0.15, -0.1) is 10.2 Å². The first-order valence-corrected chi connectivity index (χ1v) is 9.57. The predicted octanol–water partition coefficient (Wildman–Crippen LogP) is 2.52. The number of benzene rings is 1. The lowest BCUT2D eigenvalue weighted by molar-refractivity contribution is -0.132. The van der Waals surface area contributed by atoms with E-state index < -0.39 is 0 Å². The number of nitrogens with one attached hydrogen (secondary N) is 1. The van der Waals surface area contributed by atoms with E-state index in [1.807, 2.05) is 58.8 Å². The van der Waals surface area contributed by atoms with Crippen molar-refractivity contribution in [3.8, 4) is 0 Å². The molecule has 1 aliphatic heterocycles. The summed E-state index contributed by atoms with van der Waals surface area (Å²) in [6.45, 7) is 2.97. The average molecular weight is 377 g/mol. The number of fused-ring (bicyclic) bond motifs is 1. The Morgan fingerprint density at radius 1 is 1.18 bits per heavy atom. The Kier molecular flexibility index (Phi) is 5.06. The first-order chi connectivity index (χ1) is 13.6. The van der Waals surface area contributed by atoms with E-state index in [0.29, 0.717) is 18.7 Å². The van der Waals surface area contributed by atoms with Crippen LogP contribution in [-0.4, -0.2) is 44.4 Å². The molecule has 0 saturated carbocycles. The van der Waals surface area contributed by atoms with Gasteiger partial charge in [-0.1, -0.05) is 23.8 Å². The molecule has 7 nitrogen and oxygen atoms in total. The Hall–Kier alpha value is -3.22. The van der Waals surface area contributed by atoms with Crippen molar-refractivity contribution in [3.05, 3.63) is 65.6 Å². The van der Waals surface area contributed by atoms with Gasteiger partial charge in [0.2, 0.25) is 5.91 Å². The fourth-order valence-corrected chi connectivity index (χ4v) is 3.74. The molecule has 1 fully saturated rings. The van der Waals surface area contributed by atoms with Crippen molar-refractivity contribution in [3.63, 3.8) is 0 Å². The lowest BCUT2D eigenvalue weighted by Gasteiger charge is -2.23. The third-order valence-corrected chi connectivity index (χ3v) is 5.12. The quantitative estimate of drug-likeness (QED) is 0.741. The Morgan fingerprint density at radius 2 is 2.07 bits per heavy atom. The van der Waals surface area contributed by atoms with Gasteiger partial charge < -0.3 is 10.2 Å². The molecule has 4 rings (SSSR count). The Bertz CT molecular complexity index is 1010. The summed E-state index contributed by atoms with van der Waals surface area (Å²) >= 11 is 0. The molecule has 1 aliphatic rings. The van der Waals surface area contributed by atoms with Crippen molar-refractivity contribution < 1.29 is 9.59 Å². The summed E-state index contributed by atoms with van der Waals surface area (Å²) in [6, 6.07) is 13.1. The van der Waals surface area contributed by atoms with Crippen molar-refractivity contribution in [1.82, 2.24) is 24.8 Å². The standard InChI is InChI=1S/C21H23N5O2/c1-15-6-4-7-16(14-15)21(28)22-11-10-19(27)25-13-5-8-17(25)20-24-23-18-9-2-3-12-26(18)20/h2-4,6-7,9,12,14,17H,5,8,10-11,13H2,1H3,(H,22,28)/t17-/m1/s1. The van der Waals surface area contributed by atoms with Crippen molar-refractivity contribution in [2.24, 2.45) is 0 Å². The van der Waals surface area contributed by atoms with Gasteiger partial charge in [0.25, 0.3) is 5.91 Å². The molecule has 1 saturated heterocycles. The van der Waals surface area contributed by atoms with Gasteiger partial charge in [-0.2, -0.15) is 0 Å². The molecule has 0 radical (unpaired) electrons.